The van der Waals surface area contributed by atoms with Crippen molar-refractivity contribution in [3.05, 3.63) is 53.1 Å². The van der Waals surface area contributed by atoms with Crippen LogP contribution in [0.5, 0.6) is 11.5 Å². The van der Waals surface area contributed by atoms with Gasteiger partial charge in [-0.1, -0.05) is 28.9 Å². The van der Waals surface area contributed by atoms with Gasteiger partial charge < -0.3 is 19.2 Å². The molecule has 2 aromatic carbocycles. The van der Waals surface area contributed by atoms with Crippen LogP contribution in [-0.4, -0.2) is 30.4 Å². The molecule has 3 rings (SSSR count). The van der Waals surface area contributed by atoms with E-state index >= 15 is 0 Å². The summed E-state index contributed by atoms with van der Waals surface area (Å²) in [6.07, 6.45) is 0. The predicted octanol–water partition coefficient (Wildman–Crippen LogP) is 3.69. The second-order valence-electron chi connectivity index (χ2n) is 6.23. The smallest absolute Gasteiger partial charge is 0.324 e. The fourth-order valence-corrected chi connectivity index (χ4v) is 2.66. The Morgan fingerprint density at radius 2 is 1.82 bits per heavy atom. The SMILES string of the molecule is COc1ccc(CNC(=O)Nc2nnc(-c3cc(C)ccc3C)o2)cc1OC. The molecular weight excluding hydrogens is 360 g/mol. The minimum absolute atomic E-state index is 0.0284. The minimum atomic E-state index is -0.453. The van der Waals surface area contributed by atoms with Crippen LogP contribution in [0.25, 0.3) is 11.5 Å². The third kappa shape index (κ3) is 4.40. The van der Waals surface area contributed by atoms with Crippen molar-refractivity contribution in [3.8, 4) is 23.0 Å². The number of aryl methyl sites for hydroxylation is 2. The highest BCUT2D eigenvalue weighted by molar-refractivity contribution is 5.87. The monoisotopic (exact) mass is 382 g/mol. The lowest BCUT2D eigenvalue weighted by molar-refractivity contribution is 0.251. The average Bonchev–Trinajstić information content (AvgIpc) is 3.16. The molecule has 0 saturated heterocycles. The van der Waals surface area contributed by atoms with E-state index in [4.69, 9.17) is 13.9 Å². The van der Waals surface area contributed by atoms with Crippen molar-refractivity contribution in [2.75, 3.05) is 19.5 Å². The van der Waals surface area contributed by atoms with Crippen LogP contribution in [0.2, 0.25) is 0 Å². The number of benzene rings is 2. The first kappa shape index (κ1) is 19.2. The molecule has 8 heteroatoms. The van der Waals surface area contributed by atoms with E-state index in [9.17, 15) is 4.79 Å². The number of methoxy groups -OCH3 is 2. The molecule has 28 heavy (non-hydrogen) atoms. The fourth-order valence-electron chi connectivity index (χ4n) is 2.66. The largest absolute Gasteiger partial charge is 0.493 e. The van der Waals surface area contributed by atoms with Gasteiger partial charge in [-0.15, -0.1) is 5.10 Å². The van der Waals surface area contributed by atoms with Crippen molar-refractivity contribution >= 4 is 12.0 Å². The predicted molar refractivity (Wildman–Crippen MR) is 105 cm³/mol. The normalized spacial score (nSPS) is 10.4. The topological polar surface area (TPSA) is 98.5 Å². The molecule has 0 spiro atoms. The standard InChI is InChI=1S/C20H22N4O4/c1-12-5-6-13(2)15(9-12)18-23-24-20(28-18)22-19(25)21-11-14-7-8-16(26-3)17(10-14)27-4/h5-10H,11H2,1-4H3,(H2,21,22,24,25). The van der Waals surface area contributed by atoms with Gasteiger partial charge in [-0.05, 0) is 43.2 Å². The first-order chi connectivity index (χ1) is 13.5. The van der Waals surface area contributed by atoms with Crippen molar-refractivity contribution in [1.82, 2.24) is 15.5 Å². The highest BCUT2D eigenvalue weighted by Gasteiger charge is 2.13. The van der Waals surface area contributed by atoms with Gasteiger partial charge in [0.2, 0.25) is 5.89 Å². The zero-order valence-corrected chi connectivity index (χ0v) is 16.2. The van der Waals surface area contributed by atoms with Crippen molar-refractivity contribution in [2.45, 2.75) is 20.4 Å². The number of anilines is 1. The number of aromatic nitrogens is 2. The maximum atomic E-state index is 12.1. The number of urea groups is 1. The lowest BCUT2D eigenvalue weighted by Crippen LogP contribution is -2.28. The number of hydrogen-bond donors (Lipinski definition) is 2. The quantitative estimate of drug-likeness (QED) is 0.675. The molecule has 146 valence electrons. The van der Waals surface area contributed by atoms with E-state index in [0.717, 1.165) is 22.3 Å². The molecule has 0 saturated carbocycles. The number of hydrogen-bond acceptors (Lipinski definition) is 6. The maximum Gasteiger partial charge on any atom is 0.324 e. The van der Waals surface area contributed by atoms with E-state index in [0.29, 0.717) is 23.9 Å². The highest BCUT2D eigenvalue weighted by Crippen LogP contribution is 2.27. The Bertz CT molecular complexity index is 984. The first-order valence-corrected chi connectivity index (χ1v) is 8.67. The second-order valence-corrected chi connectivity index (χ2v) is 6.23. The van der Waals surface area contributed by atoms with Crippen LogP contribution in [-0.2, 0) is 6.54 Å². The van der Waals surface area contributed by atoms with E-state index in [1.165, 1.54) is 0 Å². The summed E-state index contributed by atoms with van der Waals surface area (Å²) in [5.41, 5.74) is 3.79. The first-order valence-electron chi connectivity index (χ1n) is 8.67. The lowest BCUT2D eigenvalue weighted by atomic mass is 10.1. The Labute approximate surface area is 162 Å². The zero-order chi connectivity index (χ0) is 20.1. The molecule has 3 aromatic rings. The van der Waals surface area contributed by atoms with Crippen LogP contribution in [0.4, 0.5) is 10.8 Å². The van der Waals surface area contributed by atoms with Crippen molar-refractivity contribution < 1.29 is 18.7 Å². The Morgan fingerprint density at radius 1 is 1.04 bits per heavy atom. The van der Waals surface area contributed by atoms with Crippen molar-refractivity contribution in [1.29, 1.82) is 0 Å². The van der Waals surface area contributed by atoms with E-state index in [1.807, 2.05) is 38.1 Å². The maximum absolute atomic E-state index is 12.1. The summed E-state index contributed by atoms with van der Waals surface area (Å²) in [6.45, 7) is 4.24. The van der Waals surface area contributed by atoms with E-state index in [2.05, 4.69) is 20.8 Å². The highest BCUT2D eigenvalue weighted by atomic mass is 16.5. The molecule has 0 unspecified atom stereocenters. The number of ether oxygens (including phenoxy) is 2. The van der Waals surface area contributed by atoms with Gasteiger partial charge in [-0.25, -0.2) is 4.79 Å². The van der Waals surface area contributed by atoms with Gasteiger partial charge in [0.25, 0.3) is 0 Å². The molecule has 1 aromatic heterocycles. The molecule has 0 aliphatic carbocycles. The van der Waals surface area contributed by atoms with Gasteiger partial charge in [0.15, 0.2) is 11.5 Å². The molecule has 0 bridgehead atoms. The molecule has 0 fully saturated rings. The Kier molecular flexibility index (Phi) is 5.78. The molecule has 0 radical (unpaired) electrons. The Balaban J connectivity index is 1.61. The number of carbonyl (C=O) groups excluding carboxylic acids is 1. The Morgan fingerprint density at radius 3 is 2.57 bits per heavy atom. The van der Waals surface area contributed by atoms with E-state index < -0.39 is 6.03 Å². The molecule has 0 atom stereocenters. The van der Waals surface area contributed by atoms with Crippen molar-refractivity contribution in [3.63, 3.8) is 0 Å². The van der Waals surface area contributed by atoms with Gasteiger partial charge in [0, 0.05) is 12.1 Å². The minimum Gasteiger partial charge on any atom is -0.493 e. The van der Waals surface area contributed by atoms with Crippen LogP contribution in [0.3, 0.4) is 0 Å². The summed E-state index contributed by atoms with van der Waals surface area (Å²) in [7, 11) is 3.13. The van der Waals surface area contributed by atoms with Gasteiger partial charge in [-0.3, -0.25) is 5.32 Å². The molecule has 2 N–H and O–H groups in total. The van der Waals surface area contributed by atoms with E-state index in [-0.39, 0.29) is 6.01 Å². The number of carbonyl (C=O) groups is 1. The van der Waals surface area contributed by atoms with Crippen LogP contribution in [0.1, 0.15) is 16.7 Å². The van der Waals surface area contributed by atoms with Gasteiger partial charge in [0.05, 0.1) is 14.2 Å². The third-order valence-electron chi connectivity index (χ3n) is 4.17. The van der Waals surface area contributed by atoms with Crippen LogP contribution >= 0.6 is 0 Å². The number of nitrogens with one attached hydrogen (secondary N) is 2. The fraction of sp³-hybridized carbons (Fsp3) is 0.250. The Hall–Kier alpha value is -3.55. The number of rotatable bonds is 6. The average molecular weight is 382 g/mol. The van der Waals surface area contributed by atoms with Crippen molar-refractivity contribution in [2.24, 2.45) is 0 Å². The molecular formula is C20H22N4O4. The van der Waals surface area contributed by atoms with Crippen LogP contribution < -0.4 is 20.1 Å². The zero-order valence-electron chi connectivity index (χ0n) is 16.2. The number of amides is 2. The molecule has 8 nitrogen and oxygen atoms in total. The van der Waals surface area contributed by atoms with Crippen LogP contribution in [0, 0.1) is 13.8 Å². The van der Waals surface area contributed by atoms with Crippen LogP contribution in [0.15, 0.2) is 40.8 Å². The summed E-state index contributed by atoms with van der Waals surface area (Å²) < 4.78 is 16.0. The summed E-state index contributed by atoms with van der Waals surface area (Å²) in [4.78, 5) is 12.1. The molecule has 0 aliphatic rings. The third-order valence-corrected chi connectivity index (χ3v) is 4.17. The van der Waals surface area contributed by atoms with Gasteiger partial charge >= 0.3 is 12.0 Å². The molecule has 1 heterocycles. The lowest BCUT2D eigenvalue weighted by Gasteiger charge is -2.10. The second kappa shape index (κ2) is 8.43. The summed E-state index contributed by atoms with van der Waals surface area (Å²) in [6, 6.07) is 10.9. The van der Waals surface area contributed by atoms with Gasteiger partial charge in [0.1, 0.15) is 0 Å². The van der Waals surface area contributed by atoms with Gasteiger partial charge in [-0.2, -0.15) is 0 Å². The molecule has 0 aliphatic heterocycles. The summed E-state index contributed by atoms with van der Waals surface area (Å²) in [5, 5.41) is 13.2. The molecule has 2 amide bonds. The summed E-state index contributed by atoms with van der Waals surface area (Å²) in [5.74, 6) is 1.58. The summed E-state index contributed by atoms with van der Waals surface area (Å²) >= 11 is 0. The number of nitrogens with zero attached hydrogens (tertiary/aromatic N) is 2. The van der Waals surface area contributed by atoms with E-state index in [1.54, 1.807) is 26.4 Å².